The Balaban J connectivity index is 1.53. The Bertz CT molecular complexity index is 565. The molecule has 0 atom stereocenters. The highest BCUT2D eigenvalue weighted by atomic mass is 19.2. The van der Waals surface area contributed by atoms with E-state index in [2.05, 4.69) is 10.2 Å². The number of piperazine rings is 1. The minimum absolute atomic E-state index is 0.185. The largest absolute Gasteiger partial charge is 0.367 e. The van der Waals surface area contributed by atoms with Gasteiger partial charge in [0, 0.05) is 37.8 Å². The van der Waals surface area contributed by atoms with E-state index in [1.54, 1.807) is 0 Å². The third-order valence-electron chi connectivity index (χ3n) is 5.38. The summed E-state index contributed by atoms with van der Waals surface area (Å²) in [5, 5.41) is 3.38. The highest BCUT2D eigenvalue weighted by Crippen LogP contribution is 2.27. The fourth-order valence-electron chi connectivity index (χ4n) is 3.69. The Hall–Kier alpha value is -1.27. The predicted octanol–water partition coefficient (Wildman–Crippen LogP) is 2.92. The summed E-state index contributed by atoms with van der Waals surface area (Å²) < 4.78 is 41.3. The van der Waals surface area contributed by atoms with Crippen LogP contribution in [0, 0.1) is 30.3 Å². The predicted molar refractivity (Wildman–Crippen MR) is 89.9 cm³/mol. The summed E-state index contributed by atoms with van der Waals surface area (Å²) in [5.74, 6) is -1.90. The van der Waals surface area contributed by atoms with E-state index in [1.807, 2.05) is 4.90 Å². The van der Waals surface area contributed by atoms with Gasteiger partial charge in [-0.15, -0.1) is 0 Å². The number of hydrogen-bond acceptors (Lipinski definition) is 3. The normalized spacial score (nSPS) is 20.6. The summed E-state index contributed by atoms with van der Waals surface area (Å²) in [6.07, 6.45) is 3.71. The molecule has 2 aliphatic heterocycles. The third-order valence-corrected chi connectivity index (χ3v) is 5.38. The van der Waals surface area contributed by atoms with Crippen LogP contribution in [0.4, 0.5) is 18.9 Å². The van der Waals surface area contributed by atoms with E-state index in [0.717, 1.165) is 44.7 Å². The molecule has 0 radical (unpaired) electrons. The van der Waals surface area contributed by atoms with Gasteiger partial charge in [0.2, 0.25) is 0 Å². The molecule has 3 nitrogen and oxygen atoms in total. The molecule has 134 valence electrons. The van der Waals surface area contributed by atoms with Crippen LogP contribution in [0.5, 0.6) is 0 Å². The molecule has 2 fully saturated rings. The molecule has 0 spiro atoms. The fourth-order valence-corrected chi connectivity index (χ4v) is 3.69. The summed E-state index contributed by atoms with van der Waals surface area (Å²) in [6, 6.07) is 0.988. The number of benzene rings is 1. The molecule has 2 aliphatic rings. The van der Waals surface area contributed by atoms with Crippen LogP contribution in [0.15, 0.2) is 6.07 Å². The lowest BCUT2D eigenvalue weighted by Crippen LogP contribution is -2.47. The van der Waals surface area contributed by atoms with Crippen molar-refractivity contribution in [2.45, 2.75) is 26.2 Å². The molecule has 6 heteroatoms. The maximum Gasteiger partial charge on any atom is 0.164 e. The molecule has 0 unspecified atom stereocenters. The lowest BCUT2D eigenvalue weighted by Gasteiger charge is -2.37. The number of rotatable bonds is 4. The van der Waals surface area contributed by atoms with Gasteiger partial charge in [0.25, 0.3) is 0 Å². The summed E-state index contributed by atoms with van der Waals surface area (Å²) in [7, 11) is 0. The molecule has 1 aromatic rings. The van der Waals surface area contributed by atoms with E-state index in [-0.39, 0.29) is 11.3 Å². The van der Waals surface area contributed by atoms with Gasteiger partial charge in [-0.25, -0.2) is 13.2 Å². The van der Waals surface area contributed by atoms with Crippen molar-refractivity contribution < 1.29 is 13.2 Å². The number of nitrogens with one attached hydrogen (secondary N) is 1. The quantitative estimate of drug-likeness (QED) is 0.850. The fraction of sp³-hybridized carbons (Fsp3) is 0.667. The first-order valence-corrected chi connectivity index (χ1v) is 8.88. The van der Waals surface area contributed by atoms with E-state index >= 15 is 0 Å². The van der Waals surface area contributed by atoms with Crippen molar-refractivity contribution in [3.05, 3.63) is 29.1 Å². The Morgan fingerprint density at radius 2 is 1.71 bits per heavy atom. The molecular weight excluding hydrogens is 315 g/mol. The molecule has 0 bridgehead atoms. The average molecular weight is 341 g/mol. The second-order valence-corrected chi connectivity index (χ2v) is 6.94. The molecule has 0 amide bonds. The molecule has 0 aliphatic carbocycles. The van der Waals surface area contributed by atoms with E-state index in [4.69, 9.17) is 0 Å². The number of hydrogen-bond donors (Lipinski definition) is 1. The van der Waals surface area contributed by atoms with Gasteiger partial charge in [0.1, 0.15) is 0 Å². The van der Waals surface area contributed by atoms with Crippen molar-refractivity contribution in [3.8, 4) is 0 Å². The van der Waals surface area contributed by atoms with Crippen molar-refractivity contribution in [2.75, 3.05) is 50.7 Å². The van der Waals surface area contributed by atoms with Gasteiger partial charge in [-0.3, -0.25) is 4.90 Å². The molecule has 1 aromatic carbocycles. The zero-order valence-corrected chi connectivity index (χ0v) is 14.3. The highest BCUT2D eigenvalue weighted by molar-refractivity contribution is 5.51. The Morgan fingerprint density at radius 1 is 1.04 bits per heavy atom. The van der Waals surface area contributed by atoms with E-state index < -0.39 is 17.5 Å². The number of anilines is 1. The van der Waals surface area contributed by atoms with Gasteiger partial charge in [-0.2, -0.15) is 0 Å². The number of nitrogens with zero attached hydrogens (tertiary/aromatic N) is 2. The van der Waals surface area contributed by atoms with Gasteiger partial charge >= 0.3 is 0 Å². The average Bonchev–Trinajstić information content (AvgIpc) is 2.62. The lowest BCUT2D eigenvalue weighted by atomic mass is 9.94. The van der Waals surface area contributed by atoms with Gasteiger partial charge < -0.3 is 10.2 Å². The smallest absolute Gasteiger partial charge is 0.164 e. The van der Waals surface area contributed by atoms with Crippen LogP contribution in [-0.4, -0.2) is 50.7 Å². The molecule has 24 heavy (non-hydrogen) atoms. The summed E-state index contributed by atoms with van der Waals surface area (Å²) in [4.78, 5) is 4.22. The maximum atomic E-state index is 14.2. The topological polar surface area (TPSA) is 18.5 Å². The van der Waals surface area contributed by atoms with Crippen LogP contribution in [0.2, 0.25) is 0 Å². The Morgan fingerprint density at radius 3 is 2.38 bits per heavy atom. The van der Waals surface area contributed by atoms with Crippen molar-refractivity contribution in [2.24, 2.45) is 5.92 Å². The van der Waals surface area contributed by atoms with Gasteiger partial charge in [0.15, 0.2) is 17.5 Å². The van der Waals surface area contributed by atoms with E-state index in [9.17, 15) is 13.2 Å². The monoisotopic (exact) mass is 341 g/mol. The first-order valence-electron chi connectivity index (χ1n) is 8.88. The molecule has 2 heterocycles. The van der Waals surface area contributed by atoms with Gasteiger partial charge in [-0.1, -0.05) is 0 Å². The first-order chi connectivity index (χ1) is 11.6. The van der Waals surface area contributed by atoms with Crippen LogP contribution < -0.4 is 10.2 Å². The van der Waals surface area contributed by atoms with Crippen LogP contribution in [0.1, 0.15) is 24.8 Å². The SMILES string of the molecule is Cc1c(F)c(F)cc(N2CCN(CCC3CCNCC3)CC2)c1F. The maximum absolute atomic E-state index is 14.2. The summed E-state index contributed by atoms with van der Waals surface area (Å²) in [6.45, 7) is 7.55. The lowest BCUT2D eigenvalue weighted by molar-refractivity contribution is 0.224. The summed E-state index contributed by atoms with van der Waals surface area (Å²) >= 11 is 0. The second kappa shape index (κ2) is 7.74. The van der Waals surface area contributed by atoms with Crippen molar-refractivity contribution in [3.63, 3.8) is 0 Å². The second-order valence-electron chi connectivity index (χ2n) is 6.94. The molecule has 1 N–H and O–H groups in total. The van der Waals surface area contributed by atoms with Crippen LogP contribution in [-0.2, 0) is 0 Å². The van der Waals surface area contributed by atoms with Gasteiger partial charge in [0.05, 0.1) is 5.69 Å². The Labute approximate surface area is 141 Å². The van der Waals surface area contributed by atoms with E-state index in [0.29, 0.717) is 13.1 Å². The molecule has 3 rings (SSSR count). The van der Waals surface area contributed by atoms with Crippen molar-refractivity contribution in [1.82, 2.24) is 10.2 Å². The zero-order valence-electron chi connectivity index (χ0n) is 14.3. The van der Waals surface area contributed by atoms with Crippen LogP contribution >= 0.6 is 0 Å². The minimum atomic E-state index is -1.09. The standard InChI is InChI=1S/C18H26F3N3/c1-13-17(20)15(19)12-16(18(13)21)24-10-8-23(9-11-24)7-4-14-2-5-22-6-3-14/h12,14,22H,2-11H2,1H3. The highest BCUT2D eigenvalue weighted by Gasteiger charge is 2.24. The third kappa shape index (κ3) is 3.86. The number of piperidine rings is 1. The first kappa shape index (κ1) is 17.5. The van der Waals surface area contributed by atoms with Crippen LogP contribution in [0.25, 0.3) is 0 Å². The van der Waals surface area contributed by atoms with E-state index in [1.165, 1.54) is 26.2 Å². The minimum Gasteiger partial charge on any atom is -0.367 e. The molecule has 0 aromatic heterocycles. The van der Waals surface area contributed by atoms with Gasteiger partial charge in [-0.05, 0) is 51.7 Å². The summed E-state index contributed by atoms with van der Waals surface area (Å²) in [5.41, 5.74) is -0.0530. The molecule has 0 saturated carbocycles. The van der Waals surface area contributed by atoms with Crippen molar-refractivity contribution >= 4 is 5.69 Å². The number of halogens is 3. The van der Waals surface area contributed by atoms with Crippen LogP contribution in [0.3, 0.4) is 0 Å². The molecular formula is C18H26F3N3. The molecule has 2 saturated heterocycles. The van der Waals surface area contributed by atoms with Crippen molar-refractivity contribution in [1.29, 1.82) is 0 Å². The zero-order chi connectivity index (χ0) is 17.1. The Kier molecular flexibility index (Phi) is 5.66.